The van der Waals surface area contributed by atoms with E-state index in [0.717, 1.165) is 33.2 Å². The lowest BCUT2D eigenvalue weighted by atomic mass is 10.1. The highest BCUT2D eigenvalue weighted by atomic mass is 32.2. The minimum absolute atomic E-state index is 0.242. The molecule has 3 rings (SSSR count). The van der Waals surface area contributed by atoms with Crippen LogP contribution in [-0.4, -0.2) is 18.1 Å². The molecule has 0 N–H and O–H groups in total. The number of rotatable bonds is 6. The number of thioether (sulfide) groups is 1. The molecule has 0 amide bonds. The molecule has 0 spiro atoms. The number of hydrogen-bond donors (Lipinski definition) is 0. The number of hydrogen-bond acceptors (Lipinski definition) is 5. The topological polar surface area (TPSA) is 39.2 Å². The molecule has 0 radical (unpaired) electrons. The minimum atomic E-state index is -4.34. The molecule has 1 heterocycles. The van der Waals surface area contributed by atoms with Crippen molar-refractivity contribution in [3.63, 3.8) is 0 Å². The molecule has 3 nitrogen and oxygen atoms in total. The Balaban J connectivity index is 1.66. The third kappa shape index (κ3) is 5.61. The van der Waals surface area contributed by atoms with Crippen LogP contribution in [0, 0.1) is 6.92 Å². The Kier molecular flexibility index (Phi) is 6.64. The van der Waals surface area contributed by atoms with Crippen molar-refractivity contribution in [3.05, 3.63) is 70.2 Å². The number of carbonyl (C=O) groups is 1. The zero-order chi connectivity index (χ0) is 21.0. The van der Waals surface area contributed by atoms with E-state index >= 15 is 0 Å². The zero-order valence-corrected chi connectivity index (χ0v) is 17.4. The number of aryl methyl sites for hydroxylation is 1. The molecule has 0 unspecified atom stereocenters. The molecule has 0 atom stereocenters. The zero-order valence-electron chi connectivity index (χ0n) is 15.7. The number of methoxy groups -OCH3 is 1. The Hall–Kier alpha value is -2.32. The molecule has 0 aliphatic carbocycles. The molecular formula is C21H18F3NO2S2. The quantitative estimate of drug-likeness (QED) is 0.343. The smallest absolute Gasteiger partial charge is 0.416 e. The predicted octanol–water partition coefficient (Wildman–Crippen LogP) is 6.15. The Bertz CT molecular complexity index is 981. The molecule has 0 saturated carbocycles. The maximum Gasteiger partial charge on any atom is 0.416 e. The van der Waals surface area contributed by atoms with E-state index < -0.39 is 11.7 Å². The van der Waals surface area contributed by atoms with Crippen molar-refractivity contribution in [2.75, 3.05) is 7.11 Å². The maximum atomic E-state index is 12.7. The van der Waals surface area contributed by atoms with E-state index in [1.807, 2.05) is 31.2 Å². The van der Waals surface area contributed by atoms with Crippen LogP contribution >= 0.6 is 23.1 Å². The summed E-state index contributed by atoms with van der Waals surface area (Å²) in [6.45, 7) is 1.90. The van der Waals surface area contributed by atoms with Crippen molar-refractivity contribution in [1.82, 2.24) is 4.98 Å². The first-order valence-corrected chi connectivity index (χ1v) is 10.5. The van der Waals surface area contributed by atoms with Gasteiger partial charge in [0.05, 0.1) is 24.8 Å². The number of nitrogens with zero attached hydrogens (tertiary/aromatic N) is 1. The van der Waals surface area contributed by atoms with Crippen LogP contribution in [0.25, 0.3) is 10.6 Å². The summed E-state index contributed by atoms with van der Waals surface area (Å²) in [6.07, 6.45) is -4.10. The molecule has 29 heavy (non-hydrogen) atoms. The van der Waals surface area contributed by atoms with Crippen LogP contribution in [0.4, 0.5) is 13.2 Å². The van der Waals surface area contributed by atoms with Crippen molar-refractivity contribution in [2.45, 2.75) is 30.2 Å². The van der Waals surface area contributed by atoms with E-state index in [2.05, 4.69) is 9.72 Å². The van der Waals surface area contributed by atoms with Gasteiger partial charge in [0.2, 0.25) is 0 Å². The number of benzene rings is 2. The van der Waals surface area contributed by atoms with Crippen molar-refractivity contribution in [1.29, 1.82) is 0 Å². The third-order valence-electron chi connectivity index (χ3n) is 4.22. The molecule has 0 bridgehead atoms. The lowest BCUT2D eigenvalue weighted by molar-refractivity contribution is -0.140. The Labute approximate surface area is 174 Å². The van der Waals surface area contributed by atoms with E-state index in [1.54, 1.807) is 11.8 Å². The highest BCUT2D eigenvalue weighted by Crippen LogP contribution is 2.35. The van der Waals surface area contributed by atoms with E-state index in [0.29, 0.717) is 16.3 Å². The lowest BCUT2D eigenvalue weighted by Gasteiger charge is -2.06. The molecule has 0 aliphatic rings. The summed E-state index contributed by atoms with van der Waals surface area (Å²) in [4.78, 5) is 18.0. The van der Waals surface area contributed by atoms with Crippen LogP contribution in [0.1, 0.15) is 21.7 Å². The highest BCUT2D eigenvalue weighted by molar-refractivity contribution is 7.98. The van der Waals surface area contributed by atoms with Crippen LogP contribution in [0.15, 0.2) is 53.4 Å². The number of aromatic nitrogens is 1. The van der Waals surface area contributed by atoms with Gasteiger partial charge < -0.3 is 4.74 Å². The molecule has 1 aromatic heterocycles. The third-order valence-corrected chi connectivity index (χ3v) is 6.65. The van der Waals surface area contributed by atoms with Crippen LogP contribution < -0.4 is 0 Å². The fourth-order valence-corrected chi connectivity index (χ4v) is 4.69. The molecule has 0 aliphatic heterocycles. The van der Waals surface area contributed by atoms with E-state index in [9.17, 15) is 18.0 Å². The van der Waals surface area contributed by atoms with Gasteiger partial charge in [0.1, 0.15) is 5.01 Å². The van der Waals surface area contributed by atoms with Crippen molar-refractivity contribution in [2.24, 2.45) is 0 Å². The van der Waals surface area contributed by atoms with Crippen LogP contribution in [0.2, 0.25) is 0 Å². The fourth-order valence-electron chi connectivity index (χ4n) is 2.58. The summed E-state index contributed by atoms with van der Waals surface area (Å²) in [6, 6.07) is 12.8. The highest BCUT2D eigenvalue weighted by Gasteiger charge is 2.30. The van der Waals surface area contributed by atoms with Crippen molar-refractivity contribution >= 4 is 29.1 Å². The van der Waals surface area contributed by atoms with Gasteiger partial charge in [0.25, 0.3) is 0 Å². The average Bonchev–Trinajstić information content (AvgIpc) is 3.07. The monoisotopic (exact) mass is 437 g/mol. The first kappa shape index (κ1) is 21.4. The maximum absolute atomic E-state index is 12.7. The van der Waals surface area contributed by atoms with Gasteiger partial charge in [-0.2, -0.15) is 13.2 Å². The number of halogens is 3. The van der Waals surface area contributed by atoms with E-state index in [4.69, 9.17) is 0 Å². The van der Waals surface area contributed by atoms with Gasteiger partial charge in [0.15, 0.2) is 0 Å². The van der Waals surface area contributed by atoms with Gasteiger partial charge in [-0.3, -0.25) is 4.79 Å². The van der Waals surface area contributed by atoms with Crippen LogP contribution in [0.3, 0.4) is 0 Å². The Morgan fingerprint density at radius 2 is 1.76 bits per heavy atom. The standard InChI is InChI=1S/C21H18F3NO2S2/c1-13-18(12-28-17-9-3-14(4-10-17)11-19(26)27-2)29-20(25-13)15-5-7-16(8-6-15)21(22,23)24/h3-10H,11-12H2,1-2H3. The summed E-state index contributed by atoms with van der Waals surface area (Å²) < 4.78 is 42.8. The van der Waals surface area contributed by atoms with E-state index in [-0.39, 0.29) is 12.4 Å². The molecule has 0 saturated heterocycles. The SMILES string of the molecule is COC(=O)Cc1ccc(SCc2sc(-c3ccc(C(F)(F)F)cc3)nc2C)cc1. The first-order valence-electron chi connectivity index (χ1n) is 8.69. The molecule has 8 heteroatoms. The Morgan fingerprint density at radius 3 is 2.34 bits per heavy atom. The second-order valence-electron chi connectivity index (χ2n) is 6.29. The summed E-state index contributed by atoms with van der Waals surface area (Å²) in [5, 5.41) is 0.709. The number of ether oxygens (including phenoxy) is 1. The minimum Gasteiger partial charge on any atom is -0.469 e. The number of esters is 1. The van der Waals surface area contributed by atoms with Crippen molar-refractivity contribution in [3.8, 4) is 10.6 Å². The van der Waals surface area contributed by atoms with Crippen LogP contribution in [-0.2, 0) is 27.9 Å². The first-order chi connectivity index (χ1) is 13.8. The molecular weight excluding hydrogens is 419 g/mol. The summed E-state index contributed by atoms with van der Waals surface area (Å²) in [5.41, 5.74) is 1.77. The molecule has 0 fully saturated rings. The van der Waals surface area contributed by atoms with Crippen LogP contribution in [0.5, 0.6) is 0 Å². The number of alkyl halides is 3. The number of carbonyl (C=O) groups excluding carboxylic acids is 1. The second-order valence-corrected chi connectivity index (χ2v) is 8.42. The van der Waals surface area contributed by atoms with E-state index in [1.165, 1.54) is 30.6 Å². The van der Waals surface area contributed by atoms with Gasteiger partial charge in [-0.1, -0.05) is 24.3 Å². The molecule has 152 valence electrons. The van der Waals surface area contributed by atoms with Gasteiger partial charge in [-0.05, 0) is 36.8 Å². The fraction of sp³-hybridized carbons (Fsp3) is 0.238. The average molecular weight is 438 g/mol. The lowest BCUT2D eigenvalue weighted by Crippen LogP contribution is -2.03. The summed E-state index contributed by atoms with van der Waals surface area (Å²) in [7, 11) is 1.36. The van der Waals surface area contributed by atoms with Gasteiger partial charge in [0, 0.05) is 21.1 Å². The van der Waals surface area contributed by atoms with Gasteiger partial charge in [-0.25, -0.2) is 4.98 Å². The van der Waals surface area contributed by atoms with Gasteiger partial charge in [-0.15, -0.1) is 23.1 Å². The summed E-state index contributed by atoms with van der Waals surface area (Å²) in [5.74, 6) is 0.432. The molecule has 2 aromatic carbocycles. The largest absolute Gasteiger partial charge is 0.469 e. The molecule has 3 aromatic rings. The van der Waals surface area contributed by atoms with Gasteiger partial charge >= 0.3 is 12.1 Å². The number of thiazole rings is 1. The normalized spacial score (nSPS) is 11.5. The second kappa shape index (κ2) is 9.00. The Morgan fingerprint density at radius 1 is 1.10 bits per heavy atom. The predicted molar refractivity (Wildman–Crippen MR) is 109 cm³/mol. The summed E-state index contributed by atoms with van der Waals surface area (Å²) >= 11 is 3.13. The van der Waals surface area contributed by atoms with Crippen molar-refractivity contribution < 1.29 is 22.7 Å².